The van der Waals surface area contributed by atoms with Crippen LogP contribution >= 0.6 is 0 Å². The average molecular weight is 350 g/mol. The van der Waals surface area contributed by atoms with Gasteiger partial charge in [0.1, 0.15) is 0 Å². The van der Waals surface area contributed by atoms with E-state index in [9.17, 15) is 14.9 Å². The molecule has 1 amide bonds. The quantitative estimate of drug-likeness (QED) is 0.561. The number of nitrogens with zero attached hydrogens (tertiary/aromatic N) is 3. The van der Waals surface area contributed by atoms with Crippen molar-refractivity contribution in [1.82, 2.24) is 9.78 Å². The van der Waals surface area contributed by atoms with Gasteiger partial charge in [0.05, 0.1) is 23.4 Å². The minimum atomic E-state index is -0.466. The van der Waals surface area contributed by atoms with Gasteiger partial charge in [-0.2, -0.15) is 5.10 Å². The Bertz CT molecular complexity index is 978. The van der Waals surface area contributed by atoms with E-state index in [1.165, 1.54) is 23.8 Å². The van der Waals surface area contributed by atoms with Crippen molar-refractivity contribution in [3.05, 3.63) is 87.2 Å². The van der Waals surface area contributed by atoms with Crippen LogP contribution in [0.5, 0.6) is 0 Å². The summed E-state index contributed by atoms with van der Waals surface area (Å²) in [4.78, 5) is 22.7. The van der Waals surface area contributed by atoms with Crippen LogP contribution in [0.4, 0.5) is 11.4 Å². The molecular formula is C19H18N4O3. The lowest BCUT2D eigenvalue weighted by atomic mass is 10.1. The summed E-state index contributed by atoms with van der Waals surface area (Å²) in [5.74, 6) is -0.335. The third-order valence-corrected chi connectivity index (χ3v) is 3.97. The molecule has 0 atom stereocenters. The molecule has 132 valence electrons. The summed E-state index contributed by atoms with van der Waals surface area (Å²) in [6.45, 7) is 4.24. The number of carbonyl (C=O) groups excluding carboxylic acids is 1. The van der Waals surface area contributed by atoms with Gasteiger partial charge in [-0.05, 0) is 31.5 Å². The second kappa shape index (κ2) is 7.18. The Hall–Kier alpha value is -3.48. The number of nitro groups is 1. The molecule has 0 aliphatic rings. The molecule has 0 fully saturated rings. The van der Waals surface area contributed by atoms with Crippen LogP contribution in [0.3, 0.4) is 0 Å². The number of rotatable bonds is 5. The van der Waals surface area contributed by atoms with Crippen LogP contribution in [-0.4, -0.2) is 20.6 Å². The first-order valence-electron chi connectivity index (χ1n) is 8.07. The largest absolute Gasteiger partial charge is 0.319 e. The molecule has 0 radical (unpaired) electrons. The minimum Gasteiger partial charge on any atom is -0.319 e. The van der Waals surface area contributed by atoms with Crippen molar-refractivity contribution in [2.75, 3.05) is 5.32 Å². The van der Waals surface area contributed by atoms with Crippen LogP contribution in [0.2, 0.25) is 0 Å². The lowest BCUT2D eigenvalue weighted by Crippen LogP contribution is -2.12. The number of carbonyl (C=O) groups is 1. The molecule has 0 saturated carbocycles. The van der Waals surface area contributed by atoms with E-state index >= 15 is 0 Å². The Kier molecular flexibility index (Phi) is 4.79. The molecule has 0 bridgehead atoms. The summed E-state index contributed by atoms with van der Waals surface area (Å²) in [5.41, 5.74) is 3.66. The fourth-order valence-corrected chi connectivity index (χ4v) is 2.72. The van der Waals surface area contributed by atoms with Gasteiger partial charge in [-0.25, -0.2) is 0 Å². The number of anilines is 1. The number of hydrogen-bond donors (Lipinski definition) is 1. The van der Waals surface area contributed by atoms with Crippen molar-refractivity contribution in [2.45, 2.75) is 20.4 Å². The maximum Gasteiger partial charge on any atom is 0.272 e. The van der Waals surface area contributed by atoms with Gasteiger partial charge in [0, 0.05) is 23.4 Å². The van der Waals surface area contributed by atoms with Gasteiger partial charge in [-0.15, -0.1) is 0 Å². The van der Waals surface area contributed by atoms with Crippen molar-refractivity contribution in [3.8, 4) is 0 Å². The number of nitro benzene ring substituents is 1. The molecule has 26 heavy (non-hydrogen) atoms. The summed E-state index contributed by atoms with van der Waals surface area (Å²) < 4.78 is 1.74. The van der Waals surface area contributed by atoms with E-state index in [2.05, 4.69) is 16.5 Å². The van der Waals surface area contributed by atoms with Crippen LogP contribution in [0.15, 0.2) is 54.9 Å². The second-order valence-electron chi connectivity index (χ2n) is 6.13. The molecule has 1 aromatic heterocycles. The van der Waals surface area contributed by atoms with Crippen molar-refractivity contribution < 1.29 is 9.72 Å². The molecule has 0 saturated heterocycles. The molecule has 1 heterocycles. The van der Waals surface area contributed by atoms with Gasteiger partial charge in [-0.3, -0.25) is 19.6 Å². The van der Waals surface area contributed by atoms with Gasteiger partial charge < -0.3 is 5.32 Å². The van der Waals surface area contributed by atoms with Crippen LogP contribution in [0.25, 0.3) is 0 Å². The standard InChI is InChI=1S/C19H18N4O3/c1-13-4-3-5-15(8-13)11-22-12-17(10-20-22)21-19(24)16-6-7-18(23(25)26)14(2)9-16/h3-10,12H,11H2,1-2H3,(H,21,24). The number of nitrogens with one attached hydrogen (secondary N) is 1. The number of aromatic nitrogens is 2. The monoisotopic (exact) mass is 350 g/mol. The first-order chi connectivity index (χ1) is 12.4. The molecule has 3 aromatic rings. The summed E-state index contributed by atoms with van der Waals surface area (Å²) >= 11 is 0. The molecule has 0 aliphatic carbocycles. The average Bonchev–Trinajstić information content (AvgIpc) is 3.01. The summed E-state index contributed by atoms with van der Waals surface area (Å²) in [5, 5.41) is 17.9. The normalized spacial score (nSPS) is 10.5. The van der Waals surface area contributed by atoms with E-state index in [1.807, 2.05) is 25.1 Å². The smallest absolute Gasteiger partial charge is 0.272 e. The minimum absolute atomic E-state index is 0.00692. The lowest BCUT2D eigenvalue weighted by molar-refractivity contribution is -0.385. The lowest BCUT2D eigenvalue weighted by Gasteiger charge is -2.05. The Labute approximate surface area is 150 Å². The van der Waals surface area contributed by atoms with Crippen LogP contribution in [-0.2, 0) is 6.54 Å². The fraction of sp³-hybridized carbons (Fsp3) is 0.158. The molecule has 0 aliphatic heterocycles. The van der Waals surface area contributed by atoms with E-state index in [-0.39, 0.29) is 11.6 Å². The Morgan fingerprint density at radius 1 is 1.23 bits per heavy atom. The van der Waals surface area contributed by atoms with Crippen molar-refractivity contribution >= 4 is 17.3 Å². The molecular weight excluding hydrogens is 332 g/mol. The van der Waals surface area contributed by atoms with Crippen LogP contribution in [0, 0.1) is 24.0 Å². The second-order valence-corrected chi connectivity index (χ2v) is 6.13. The highest BCUT2D eigenvalue weighted by Crippen LogP contribution is 2.19. The van der Waals surface area contributed by atoms with Gasteiger partial charge in [-0.1, -0.05) is 29.8 Å². The van der Waals surface area contributed by atoms with Gasteiger partial charge in [0.25, 0.3) is 11.6 Å². The predicted octanol–water partition coefficient (Wildman–Crippen LogP) is 3.71. The van der Waals surface area contributed by atoms with Crippen molar-refractivity contribution in [3.63, 3.8) is 0 Å². The number of hydrogen-bond acceptors (Lipinski definition) is 4. The van der Waals surface area contributed by atoms with Gasteiger partial charge in [0.2, 0.25) is 0 Å². The third-order valence-electron chi connectivity index (χ3n) is 3.97. The summed E-state index contributed by atoms with van der Waals surface area (Å²) in [7, 11) is 0. The zero-order chi connectivity index (χ0) is 18.7. The van der Waals surface area contributed by atoms with Gasteiger partial charge in [0.15, 0.2) is 0 Å². The summed E-state index contributed by atoms with van der Waals surface area (Å²) in [6.07, 6.45) is 3.32. The third kappa shape index (κ3) is 3.94. The molecule has 7 heteroatoms. The maximum absolute atomic E-state index is 12.3. The Morgan fingerprint density at radius 3 is 2.73 bits per heavy atom. The van der Waals surface area contributed by atoms with E-state index < -0.39 is 4.92 Å². The Morgan fingerprint density at radius 2 is 2.04 bits per heavy atom. The Balaban J connectivity index is 1.69. The van der Waals surface area contributed by atoms with Gasteiger partial charge >= 0.3 is 0 Å². The van der Waals surface area contributed by atoms with Crippen molar-refractivity contribution in [2.24, 2.45) is 0 Å². The molecule has 0 unspecified atom stereocenters. The number of aryl methyl sites for hydroxylation is 2. The van der Waals surface area contributed by atoms with E-state index in [4.69, 9.17) is 0 Å². The molecule has 7 nitrogen and oxygen atoms in total. The first kappa shape index (κ1) is 17.3. The topological polar surface area (TPSA) is 90.1 Å². The zero-order valence-electron chi connectivity index (χ0n) is 14.5. The number of benzene rings is 2. The van der Waals surface area contributed by atoms with E-state index in [0.717, 1.165) is 5.56 Å². The fourth-order valence-electron chi connectivity index (χ4n) is 2.72. The highest BCUT2D eigenvalue weighted by molar-refractivity contribution is 6.04. The van der Waals surface area contributed by atoms with Crippen LogP contribution < -0.4 is 5.32 Å². The highest BCUT2D eigenvalue weighted by atomic mass is 16.6. The molecule has 3 rings (SSSR count). The molecule has 2 aromatic carbocycles. The van der Waals surface area contributed by atoms with E-state index in [1.54, 1.807) is 24.0 Å². The van der Waals surface area contributed by atoms with Crippen LogP contribution in [0.1, 0.15) is 27.0 Å². The molecule has 0 spiro atoms. The maximum atomic E-state index is 12.3. The first-order valence-corrected chi connectivity index (χ1v) is 8.07. The number of amides is 1. The highest BCUT2D eigenvalue weighted by Gasteiger charge is 2.14. The van der Waals surface area contributed by atoms with Crippen molar-refractivity contribution in [1.29, 1.82) is 0 Å². The van der Waals surface area contributed by atoms with E-state index in [0.29, 0.717) is 23.4 Å². The summed E-state index contributed by atoms with van der Waals surface area (Å²) in [6, 6.07) is 12.4. The SMILES string of the molecule is Cc1cccc(Cn2cc(NC(=O)c3ccc([N+](=O)[O-])c(C)c3)cn2)c1. The zero-order valence-corrected chi connectivity index (χ0v) is 14.5. The predicted molar refractivity (Wildman–Crippen MR) is 98.3 cm³/mol. The molecule has 1 N–H and O–H groups in total.